The fraction of sp³-hybridized carbons (Fsp3) is 0.667. The van der Waals surface area contributed by atoms with E-state index in [0.29, 0.717) is 18.9 Å². The van der Waals surface area contributed by atoms with Crippen molar-refractivity contribution >= 4 is 5.91 Å². The van der Waals surface area contributed by atoms with Crippen molar-refractivity contribution in [3.8, 4) is 11.5 Å². The largest absolute Gasteiger partial charge is 0.497 e. The van der Waals surface area contributed by atoms with E-state index in [1.807, 2.05) is 23.1 Å². The molecule has 5 heteroatoms. The van der Waals surface area contributed by atoms with Crippen molar-refractivity contribution in [1.29, 1.82) is 0 Å². The molecule has 3 aliphatic rings. The monoisotopic (exact) mass is 358 g/mol. The summed E-state index contributed by atoms with van der Waals surface area (Å²) in [4.78, 5) is 17.2. The van der Waals surface area contributed by atoms with E-state index in [0.717, 1.165) is 42.0 Å². The van der Waals surface area contributed by atoms with Gasteiger partial charge < -0.3 is 14.4 Å². The second-order valence-electron chi connectivity index (χ2n) is 8.04. The van der Waals surface area contributed by atoms with Gasteiger partial charge in [-0.15, -0.1) is 0 Å². The molecule has 2 saturated heterocycles. The number of hydrogen-bond acceptors (Lipinski definition) is 4. The van der Waals surface area contributed by atoms with Crippen LogP contribution in [0.3, 0.4) is 0 Å². The predicted molar refractivity (Wildman–Crippen MR) is 101 cm³/mol. The zero-order chi connectivity index (χ0) is 18.1. The quantitative estimate of drug-likeness (QED) is 0.784. The highest BCUT2D eigenvalue weighted by Gasteiger charge is 2.42. The van der Waals surface area contributed by atoms with Crippen molar-refractivity contribution in [2.45, 2.75) is 38.1 Å². The van der Waals surface area contributed by atoms with E-state index >= 15 is 0 Å². The van der Waals surface area contributed by atoms with Crippen molar-refractivity contribution < 1.29 is 14.3 Å². The molecule has 1 aliphatic carbocycles. The van der Waals surface area contributed by atoms with Gasteiger partial charge in [0, 0.05) is 44.7 Å². The Morgan fingerprint density at radius 3 is 2.46 bits per heavy atom. The van der Waals surface area contributed by atoms with Gasteiger partial charge in [-0.2, -0.15) is 0 Å². The van der Waals surface area contributed by atoms with Crippen molar-refractivity contribution in [2.75, 3.05) is 40.4 Å². The predicted octanol–water partition coefficient (Wildman–Crippen LogP) is 2.58. The Morgan fingerprint density at radius 1 is 1.08 bits per heavy atom. The van der Waals surface area contributed by atoms with Crippen LogP contribution in [0.15, 0.2) is 18.2 Å². The highest BCUT2D eigenvalue weighted by molar-refractivity contribution is 5.77. The van der Waals surface area contributed by atoms with E-state index in [2.05, 4.69) is 4.90 Å². The minimum atomic E-state index is 0.263. The van der Waals surface area contributed by atoms with E-state index in [9.17, 15) is 4.79 Å². The number of ether oxygens (including phenoxy) is 2. The second-order valence-corrected chi connectivity index (χ2v) is 8.04. The van der Waals surface area contributed by atoms with Crippen molar-refractivity contribution in [1.82, 2.24) is 9.80 Å². The van der Waals surface area contributed by atoms with Gasteiger partial charge in [0.2, 0.25) is 5.91 Å². The third-order valence-electron chi connectivity index (χ3n) is 6.59. The summed E-state index contributed by atoms with van der Waals surface area (Å²) in [5, 5.41) is 0. The Labute approximate surface area is 156 Å². The van der Waals surface area contributed by atoms with Gasteiger partial charge in [-0.25, -0.2) is 0 Å². The van der Waals surface area contributed by atoms with Gasteiger partial charge in [0.15, 0.2) is 0 Å². The molecule has 0 radical (unpaired) electrons. The summed E-state index contributed by atoms with van der Waals surface area (Å²) in [6, 6.07) is 6.39. The third-order valence-corrected chi connectivity index (χ3v) is 6.59. The SMILES string of the molecule is COc1ccc(CCC(=O)N2CC(N3CC4CCCC4C3)C2)c(OC)c1. The number of benzene rings is 1. The van der Waals surface area contributed by atoms with Crippen molar-refractivity contribution in [3.05, 3.63) is 23.8 Å². The minimum absolute atomic E-state index is 0.263. The first kappa shape index (κ1) is 17.7. The molecule has 2 unspecified atom stereocenters. The maximum atomic E-state index is 12.5. The molecular formula is C21H30N2O3. The third kappa shape index (κ3) is 3.41. The van der Waals surface area contributed by atoms with Gasteiger partial charge in [-0.1, -0.05) is 12.5 Å². The molecule has 5 nitrogen and oxygen atoms in total. The number of fused-ring (bicyclic) bond motifs is 1. The van der Waals surface area contributed by atoms with Crippen LogP contribution in [0.1, 0.15) is 31.2 Å². The molecule has 0 spiro atoms. The zero-order valence-electron chi connectivity index (χ0n) is 15.9. The lowest BCUT2D eigenvalue weighted by atomic mass is 10.0. The first-order chi connectivity index (χ1) is 12.7. The summed E-state index contributed by atoms with van der Waals surface area (Å²) in [6.45, 7) is 4.36. The molecule has 2 heterocycles. The summed E-state index contributed by atoms with van der Waals surface area (Å²) in [5.74, 6) is 3.70. The van der Waals surface area contributed by atoms with E-state index in [-0.39, 0.29) is 5.91 Å². The summed E-state index contributed by atoms with van der Waals surface area (Å²) in [6.07, 6.45) is 5.51. The number of amides is 1. The Hall–Kier alpha value is -1.75. The van der Waals surface area contributed by atoms with E-state index in [1.54, 1.807) is 14.2 Å². The normalized spacial score (nSPS) is 25.8. The second kappa shape index (κ2) is 7.47. The van der Waals surface area contributed by atoms with Crippen LogP contribution in [0.5, 0.6) is 11.5 Å². The average molecular weight is 358 g/mol. The average Bonchev–Trinajstić information content (AvgIpc) is 3.20. The zero-order valence-corrected chi connectivity index (χ0v) is 15.9. The molecule has 4 rings (SSSR count). The van der Waals surface area contributed by atoms with Crippen LogP contribution in [0, 0.1) is 11.8 Å². The molecule has 1 saturated carbocycles. The van der Waals surface area contributed by atoms with E-state index in [1.165, 1.54) is 32.4 Å². The molecule has 1 aromatic rings. The fourth-order valence-electron chi connectivity index (χ4n) is 4.92. The number of carbonyl (C=O) groups is 1. The lowest BCUT2D eigenvalue weighted by Gasteiger charge is -2.44. The summed E-state index contributed by atoms with van der Waals surface area (Å²) < 4.78 is 10.7. The van der Waals surface area contributed by atoms with Gasteiger partial charge in [-0.05, 0) is 42.7 Å². The lowest BCUT2D eigenvalue weighted by Crippen LogP contribution is -2.60. The lowest BCUT2D eigenvalue weighted by molar-refractivity contribution is -0.138. The standard InChI is InChI=1S/C21H30N2O3/c1-25-19-8-6-15(20(10-19)26-2)7-9-21(24)23-13-18(14-23)22-11-16-4-3-5-17(16)12-22/h6,8,10,16-18H,3-5,7,9,11-14H2,1-2H3. The Morgan fingerprint density at radius 2 is 1.81 bits per heavy atom. The maximum Gasteiger partial charge on any atom is 0.223 e. The summed E-state index contributed by atoms with van der Waals surface area (Å²) in [5.41, 5.74) is 1.06. The van der Waals surface area contributed by atoms with E-state index in [4.69, 9.17) is 9.47 Å². The maximum absolute atomic E-state index is 12.5. The molecule has 26 heavy (non-hydrogen) atoms. The highest BCUT2D eigenvalue weighted by atomic mass is 16.5. The first-order valence-corrected chi connectivity index (χ1v) is 9.90. The van der Waals surface area contributed by atoms with Crippen LogP contribution in [0.4, 0.5) is 0 Å². The molecular weight excluding hydrogens is 328 g/mol. The van der Waals surface area contributed by atoms with Crippen LogP contribution in [0.2, 0.25) is 0 Å². The number of aryl methyl sites for hydroxylation is 1. The Kier molecular flexibility index (Phi) is 5.07. The molecule has 0 aromatic heterocycles. The van der Waals surface area contributed by atoms with Crippen LogP contribution in [-0.2, 0) is 11.2 Å². The molecule has 0 bridgehead atoms. The van der Waals surface area contributed by atoms with Crippen LogP contribution in [0.25, 0.3) is 0 Å². The van der Waals surface area contributed by atoms with Crippen molar-refractivity contribution in [3.63, 3.8) is 0 Å². The Balaban J connectivity index is 1.24. The minimum Gasteiger partial charge on any atom is -0.497 e. The topological polar surface area (TPSA) is 42.0 Å². The van der Waals surface area contributed by atoms with Gasteiger partial charge >= 0.3 is 0 Å². The van der Waals surface area contributed by atoms with Crippen molar-refractivity contribution in [2.24, 2.45) is 11.8 Å². The summed E-state index contributed by atoms with van der Waals surface area (Å²) >= 11 is 0. The number of nitrogens with zero attached hydrogens (tertiary/aromatic N) is 2. The van der Waals surface area contributed by atoms with E-state index < -0.39 is 0 Å². The smallest absolute Gasteiger partial charge is 0.223 e. The number of rotatable bonds is 6. The molecule has 0 N–H and O–H groups in total. The van der Waals surface area contributed by atoms with Crippen LogP contribution < -0.4 is 9.47 Å². The number of likely N-dealkylation sites (tertiary alicyclic amines) is 2. The molecule has 2 atom stereocenters. The van der Waals surface area contributed by atoms with Gasteiger partial charge in [0.25, 0.3) is 0 Å². The van der Waals surface area contributed by atoms with Crippen LogP contribution in [-0.4, -0.2) is 62.1 Å². The van der Waals surface area contributed by atoms with Gasteiger partial charge in [-0.3, -0.25) is 9.69 Å². The fourth-order valence-corrected chi connectivity index (χ4v) is 4.92. The van der Waals surface area contributed by atoms with Gasteiger partial charge in [0.05, 0.1) is 14.2 Å². The number of carbonyl (C=O) groups excluding carboxylic acids is 1. The summed E-state index contributed by atoms with van der Waals surface area (Å²) in [7, 11) is 3.30. The molecule has 1 aromatic carbocycles. The first-order valence-electron chi connectivity index (χ1n) is 9.90. The molecule has 142 valence electrons. The van der Waals surface area contributed by atoms with Gasteiger partial charge in [0.1, 0.15) is 11.5 Å². The molecule has 2 aliphatic heterocycles. The molecule has 1 amide bonds. The molecule has 3 fully saturated rings. The number of methoxy groups -OCH3 is 2. The van der Waals surface area contributed by atoms with Crippen LogP contribution >= 0.6 is 0 Å². The Bertz CT molecular complexity index is 645. The highest BCUT2D eigenvalue weighted by Crippen LogP contribution is 2.39. The number of hydrogen-bond donors (Lipinski definition) is 0.